The maximum absolute atomic E-state index is 13.2. The van der Waals surface area contributed by atoms with Crippen molar-refractivity contribution in [3.8, 4) is 34.0 Å². The highest BCUT2D eigenvalue weighted by Gasteiger charge is 2.19. The van der Waals surface area contributed by atoms with E-state index in [1.165, 1.54) is 0 Å². The summed E-state index contributed by atoms with van der Waals surface area (Å²) in [6.45, 7) is 7.26. The van der Waals surface area contributed by atoms with Gasteiger partial charge in [-0.3, -0.25) is 4.79 Å². The van der Waals surface area contributed by atoms with E-state index in [1.54, 1.807) is 32.7 Å². The van der Waals surface area contributed by atoms with Crippen LogP contribution in [-0.2, 0) is 9.53 Å². The quantitative estimate of drug-likeness (QED) is 0.0449. The number of rotatable bonds is 22. The lowest BCUT2D eigenvalue weighted by Crippen LogP contribution is -2.29. The van der Waals surface area contributed by atoms with Crippen molar-refractivity contribution in [1.82, 2.24) is 45.1 Å². The number of nitrogens with zero attached hydrogens (tertiary/aromatic N) is 7. The molecule has 17 heteroatoms. The van der Waals surface area contributed by atoms with Gasteiger partial charge >= 0.3 is 5.97 Å². The molecule has 3 atom stereocenters. The SMILES string of the molecule is CNCC(O)COc1cccc(-c2cc(NCC(=O)OCCC(C)n3ncc4c(Nc5ccccn5)cc(-c5cccc(OCC(O)CNC)c5)nc43)c3cnn(C(C)C)c3n2)c1. The van der Waals surface area contributed by atoms with Gasteiger partial charge in [-0.25, -0.2) is 24.3 Å². The minimum Gasteiger partial charge on any atom is -0.491 e. The number of pyridine rings is 3. The fourth-order valence-electron chi connectivity index (χ4n) is 7.01. The van der Waals surface area contributed by atoms with Gasteiger partial charge in [-0.1, -0.05) is 30.3 Å². The van der Waals surface area contributed by atoms with E-state index in [1.807, 2.05) is 109 Å². The molecule has 6 N–H and O–H groups in total. The average molecular weight is 858 g/mol. The number of aromatic nitrogens is 7. The molecule has 0 amide bonds. The van der Waals surface area contributed by atoms with Crippen LogP contribution in [0.1, 0.15) is 39.3 Å². The van der Waals surface area contributed by atoms with Crippen molar-refractivity contribution in [3.05, 3.63) is 97.5 Å². The molecule has 2 aromatic carbocycles. The zero-order chi connectivity index (χ0) is 44.3. The molecule has 7 rings (SSSR count). The molecule has 0 aliphatic heterocycles. The van der Waals surface area contributed by atoms with E-state index in [0.29, 0.717) is 65.2 Å². The van der Waals surface area contributed by atoms with Crippen LogP contribution in [0.5, 0.6) is 11.5 Å². The minimum atomic E-state index is -0.651. The molecule has 0 saturated carbocycles. The monoisotopic (exact) mass is 857 g/mol. The predicted octanol–water partition coefficient (Wildman–Crippen LogP) is 5.75. The Kier molecular flexibility index (Phi) is 14.8. The van der Waals surface area contributed by atoms with Crippen LogP contribution in [0.2, 0.25) is 0 Å². The third-order valence-corrected chi connectivity index (χ3v) is 10.2. The van der Waals surface area contributed by atoms with Crippen molar-refractivity contribution >= 4 is 45.2 Å². The van der Waals surface area contributed by atoms with Gasteiger partial charge in [0.05, 0.1) is 52.9 Å². The summed E-state index contributed by atoms with van der Waals surface area (Å²) in [5.41, 5.74) is 5.74. The van der Waals surface area contributed by atoms with Crippen LogP contribution < -0.4 is 30.7 Å². The average Bonchev–Trinajstić information content (AvgIpc) is 3.93. The van der Waals surface area contributed by atoms with Gasteiger partial charge in [-0.15, -0.1) is 0 Å². The zero-order valence-electron chi connectivity index (χ0n) is 36.2. The molecule has 330 valence electrons. The molecule has 17 nitrogen and oxygen atoms in total. The van der Waals surface area contributed by atoms with Crippen molar-refractivity contribution in [2.75, 3.05) is 64.2 Å². The largest absolute Gasteiger partial charge is 0.491 e. The number of carbonyl (C=O) groups is 1. The Morgan fingerprint density at radius 2 is 1.32 bits per heavy atom. The number of esters is 1. The van der Waals surface area contributed by atoms with Crippen molar-refractivity contribution in [2.24, 2.45) is 0 Å². The van der Waals surface area contributed by atoms with E-state index in [2.05, 4.69) is 31.3 Å². The summed E-state index contributed by atoms with van der Waals surface area (Å²) < 4.78 is 21.2. The van der Waals surface area contributed by atoms with Crippen molar-refractivity contribution < 1.29 is 29.2 Å². The van der Waals surface area contributed by atoms with Gasteiger partial charge in [-0.2, -0.15) is 10.2 Å². The molecule has 5 aromatic heterocycles. The van der Waals surface area contributed by atoms with Crippen LogP contribution in [0.15, 0.2) is 97.5 Å². The highest BCUT2D eigenvalue weighted by Crippen LogP contribution is 2.34. The van der Waals surface area contributed by atoms with Crippen molar-refractivity contribution in [1.29, 1.82) is 0 Å². The summed E-state index contributed by atoms with van der Waals surface area (Å²) in [7, 11) is 3.55. The number of anilines is 3. The van der Waals surface area contributed by atoms with Crippen molar-refractivity contribution in [2.45, 2.75) is 51.5 Å². The molecule has 63 heavy (non-hydrogen) atoms. The Labute approximate surface area is 365 Å². The van der Waals surface area contributed by atoms with Crippen LogP contribution in [0.25, 0.3) is 44.6 Å². The van der Waals surface area contributed by atoms with E-state index < -0.39 is 18.2 Å². The summed E-state index contributed by atoms with van der Waals surface area (Å²) in [5, 5.41) is 43.8. The Hall–Kier alpha value is -6.66. The number of aliphatic hydroxyl groups is 2. The third-order valence-electron chi connectivity index (χ3n) is 10.2. The minimum absolute atomic E-state index is 0.0469. The van der Waals surface area contributed by atoms with Crippen molar-refractivity contribution in [3.63, 3.8) is 0 Å². The number of aliphatic hydroxyl groups excluding tert-OH is 2. The van der Waals surface area contributed by atoms with E-state index in [-0.39, 0.29) is 38.4 Å². The third kappa shape index (κ3) is 11.2. The van der Waals surface area contributed by atoms with Gasteiger partial charge in [0.2, 0.25) is 0 Å². The van der Waals surface area contributed by atoms with Gasteiger partial charge in [0.15, 0.2) is 11.3 Å². The maximum atomic E-state index is 13.2. The highest BCUT2D eigenvalue weighted by molar-refractivity contribution is 5.94. The second-order valence-corrected chi connectivity index (χ2v) is 15.5. The Morgan fingerprint density at radius 1 is 0.730 bits per heavy atom. The molecule has 0 bridgehead atoms. The number of benzene rings is 2. The van der Waals surface area contributed by atoms with Crippen LogP contribution in [-0.4, -0.2) is 116 Å². The number of ether oxygens (including phenoxy) is 3. The van der Waals surface area contributed by atoms with E-state index in [9.17, 15) is 15.0 Å². The van der Waals surface area contributed by atoms with Crippen LogP contribution in [0.3, 0.4) is 0 Å². The summed E-state index contributed by atoms with van der Waals surface area (Å²) in [6, 6.07) is 24.5. The van der Waals surface area contributed by atoms with E-state index in [0.717, 1.165) is 27.6 Å². The Morgan fingerprint density at radius 3 is 1.90 bits per heavy atom. The van der Waals surface area contributed by atoms with E-state index >= 15 is 0 Å². The molecular formula is C46H55N11O6. The molecule has 3 unspecified atom stereocenters. The van der Waals surface area contributed by atoms with Crippen LogP contribution >= 0.6 is 0 Å². The van der Waals surface area contributed by atoms with Gasteiger partial charge in [0.25, 0.3) is 0 Å². The molecule has 0 aliphatic carbocycles. The van der Waals surface area contributed by atoms with Crippen LogP contribution in [0.4, 0.5) is 17.2 Å². The first-order chi connectivity index (χ1) is 30.6. The molecule has 0 saturated heterocycles. The summed E-state index contributed by atoms with van der Waals surface area (Å²) in [6.07, 6.45) is 4.42. The van der Waals surface area contributed by atoms with Gasteiger partial charge in [-0.05, 0) is 83.4 Å². The number of hydrogen-bond acceptors (Lipinski definition) is 15. The van der Waals surface area contributed by atoms with Gasteiger partial charge in [0, 0.05) is 48.6 Å². The van der Waals surface area contributed by atoms with E-state index in [4.69, 9.17) is 29.3 Å². The normalized spacial score (nSPS) is 13.0. The molecule has 7 aromatic rings. The molecule has 0 radical (unpaired) electrons. The molecular weight excluding hydrogens is 803 g/mol. The molecule has 5 heterocycles. The lowest BCUT2D eigenvalue weighted by molar-refractivity contribution is -0.141. The second kappa shape index (κ2) is 20.9. The number of nitrogens with one attached hydrogen (secondary N) is 4. The highest BCUT2D eigenvalue weighted by atomic mass is 16.5. The summed E-state index contributed by atoms with van der Waals surface area (Å²) in [4.78, 5) is 27.7. The smallest absolute Gasteiger partial charge is 0.325 e. The second-order valence-electron chi connectivity index (χ2n) is 15.5. The standard InChI is InChI=1S/C46H55N11O6/c1-29(2)56-45-37(24-51-56)41(20-39(54-45)31-10-8-12-35(18-31)62-27-33(58)22-47-4)50-26-44(60)61-17-15-30(3)57-46-38(25-52-57)42(53-43-14-6-7-16-49-43)21-40(55-46)32-11-9-13-36(19-32)63-28-34(59)23-48-5/h6-14,16,18-21,24-25,29-30,33-34,47-48,58-59H,15,17,22-23,26-28H2,1-5H3,(H,50,54)(H,49,53,55). The predicted molar refractivity (Wildman–Crippen MR) is 243 cm³/mol. The van der Waals surface area contributed by atoms with Gasteiger partial charge < -0.3 is 45.7 Å². The molecule has 0 aliphatic rings. The number of hydrogen-bond donors (Lipinski definition) is 6. The lowest BCUT2D eigenvalue weighted by atomic mass is 10.1. The maximum Gasteiger partial charge on any atom is 0.325 e. The molecule has 0 spiro atoms. The fourth-order valence-corrected chi connectivity index (χ4v) is 7.01. The summed E-state index contributed by atoms with van der Waals surface area (Å²) in [5.74, 6) is 1.45. The zero-order valence-corrected chi connectivity index (χ0v) is 36.2. The van der Waals surface area contributed by atoms with Crippen LogP contribution in [0, 0.1) is 0 Å². The molecule has 0 fully saturated rings. The first kappa shape index (κ1) is 44.4. The first-order valence-corrected chi connectivity index (χ1v) is 21.1. The number of fused-ring (bicyclic) bond motifs is 2. The Balaban J connectivity index is 1.05. The lowest BCUT2D eigenvalue weighted by Gasteiger charge is -2.16. The van der Waals surface area contributed by atoms with Gasteiger partial charge in [0.1, 0.15) is 49.3 Å². The first-order valence-electron chi connectivity index (χ1n) is 21.1. The Bertz CT molecular complexity index is 2600. The number of carbonyl (C=O) groups excluding carboxylic acids is 1. The number of likely N-dealkylation sites (N-methyl/N-ethyl adjacent to an activating group) is 2. The fraction of sp³-hybridized carbons (Fsp3) is 0.348. The summed E-state index contributed by atoms with van der Waals surface area (Å²) >= 11 is 0. The topological polar surface area (TPSA) is 208 Å².